The van der Waals surface area contributed by atoms with Gasteiger partial charge in [-0.2, -0.15) is 0 Å². The molecular weight excluding hydrogens is 380 g/mol. The third-order valence-electron chi connectivity index (χ3n) is 5.81. The topological polar surface area (TPSA) is 162 Å². The van der Waals surface area contributed by atoms with Crippen molar-refractivity contribution in [2.75, 3.05) is 39.6 Å². The van der Waals surface area contributed by atoms with Crippen LogP contribution in [0.3, 0.4) is 0 Å². The Morgan fingerprint density at radius 3 is 1.07 bits per heavy atom. The number of hydrogen-bond acceptors (Lipinski definition) is 8. The summed E-state index contributed by atoms with van der Waals surface area (Å²) in [6, 6.07) is 0. The van der Waals surface area contributed by atoms with Gasteiger partial charge in [0.25, 0.3) is 0 Å². The fourth-order valence-electron chi connectivity index (χ4n) is 1.98. The molecule has 0 heterocycles. The van der Waals surface area contributed by atoms with E-state index in [1.165, 1.54) is 0 Å². The van der Waals surface area contributed by atoms with Crippen molar-refractivity contribution < 1.29 is 40.9 Å². The number of hydrogen-bond donors (Lipinski definition) is 8. The maximum atomic E-state index is 9.47. The van der Waals surface area contributed by atoms with E-state index in [9.17, 15) is 10.2 Å². The van der Waals surface area contributed by atoms with E-state index in [1.807, 2.05) is 34.6 Å². The molecule has 1 atom stereocenters. The van der Waals surface area contributed by atoms with E-state index in [0.717, 1.165) is 19.3 Å². The molecule has 8 N–H and O–H groups in total. The van der Waals surface area contributed by atoms with E-state index in [4.69, 9.17) is 30.6 Å². The van der Waals surface area contributed by atoms with E-state index in [-0.39, 0.29) is 45.6 Å². The molecule has 0 spiro atoms. The van der Waals surface area contributed by atoms with Crippen molar-refractivity contribution in [1.82, 2.24) is 0 Å². The Bertz CT molecular complexity index is 287. The molecule has 8 heteroatoms. The van der Waals surface area contributed by atoms with Gasteiger partial charge in [-0.15, -0.1) is 0 Å². The highest BCUT2D eigenvalue weighted by Crippen LogP contribution is 2.23. The second-order valence-corrected chi connectivity index (χ2v) is 7.95. The molecule has 0 saturated heterocycles. The van der Waals surface area contributed by atoms with Crippen LogP contribution in [0.2, 0.25) is 0 Å². The average molecular weight is 429 g/mol. The lowest BCUT2D eigenvalue weighted by Gasteiger charge is -2.27. The lowest BCUT2D eigenvalue weighted by atomic mass is 9.88. The van der Waals surface area contributed by atoms with Gasteiger partial charge in [0.1, 0.15) is 0 Å². The zero-order valence-corrected chi connectivity index (χ0v) is 19.1. The summed E-state index contributed by atoms with van der Waals surface area (Å²) < 4.78 is 0. The minimum Gasteiger partial charge on any atom is -0.396 e. The average Bonchev–Trinajstić information content (AvgIpc) is 2.76. The highest BCUT2D eigenvalue weighted by Gasteiger charge is 2.28. The number of aliphatic hydroxyl groups excluding tert-OH is 6. The summed E-state index contributed by atoms with van der Waals surface area (Å²) in [6.07, 6.45) is 4.40. The fourth-order valence-corrected chi connectivity index (χ4v) is 1.98. The SMILES string of the molecule is CCC(CO)(CO)CO.CCC(CO)(CO)CO.CCCCC(O)(O)C(C)CC. The molecule has 8 nitrogen and oxygen atoms in total. The zero-order valence-electron chi connectivity index (χ0n) is 19.1. The first-order chi connectivity index (χ1) is 13.5. The van der Waals surface area contributed by atoms with Gasteiger partial charge in [-0.25, -0.2) is 0 Å². The summed E-state index contributed by atoms with van der Waals surface area (Å²) in [4.78, 5) is 0. The zero-order chi connectivity index (χ0) is 23.6. The van der Waals surface area contributed by atoms with Gasteiger partial charge in [0.2, 0.25) is 0 Å². The second-order valence-electron chi connectivity index (χ2n) is 7.95. The molecule has 0 amide bonds. The van der Waals surface area contributed by atoms with Crippen molar-refractivity contribution in [3.05, 3.63) is 0 Å². The Hall–Kier alpha value is -0.320. The maximum absolute atomic E-state index is 9.47. The normalized spacial score (nSPS) is 13.1. The number of unbranched alkanes of at least 4 members (excludes halogenated alkanes) is 1. The van der Waals surface area contributed by atoms with Gasteiger partial charge < -0.3 is 40.9 Å². The summed E-state index contributed by atoms with van der Waals surface area (Å²) in [7, 11) is 0. The quantitative estimate of drug-likeness (QED) is 0.198. The molecule has 0 fully saturated rings. The molecule has 0 aliphatic rings. The smallest absolute Gasteiger partial charge is 0.165 e. The van der Waals surface area contributed by atoms with E-state index < -0.39 is 16.6 Å². The minimum atomic E-state index is -1.44. The Balaban J connectivity index is -0.000000352. The molecule has 0 aromatic carbocycles. The predicted octanol–water partition coefficient (Wildman–Crippen LogP) is 0.623. The molecule has 0 bridgehead atoms. The van der Waals surface area contributed by atoms with Crippen LogP contribution in [0.1, 0.15) is 73.1 Å². The largest absolute Gasteiger partial charge is 0.396 e. The van der Waals surface area contributed by atoms with Gasteiger partial charge in [-0.3, -0.25) is 0 Å². The molecule has 0 aliphatic heterocycles. The maximum Gasteiger partial charge on any atom is 0.165 e. The van der Waals surface area contributed by atoms with Crippen molar-refractivity contribution in [2.24, 2.45) is 16.7 Å². The van der Waals surface area contributed by atoms with Crippen LogP contribution in [0.4, 0.5) is 0 Å². The van der Waals surface area contributed by atoms with Crippen LogP contribution in [0, 0.1) is 16.7 Å². The van der Waals surface area contributed by atoms with Crippen LogP contribution in [-0.2, 0) is 0 Å². The van der Waals surface area contributed by atoms with Crippen LogP contribution in [-0.4, -0.2) is 86.3 Å². The molecule has 180 valence electrons. The molecule has 0 saturated carbocycles. The minimum absolute atomic E-state index is 0.0194. The summed E-state index contributed by atoms with van der Waals surface area (Å²) in [5, 5.41) is 70.9. The highest BCUT2D eigenvalue weighted by atomic mass is 16.5. The fraction of sp³-hybridized carbons (Fsp3) is 1.00. The molecule has 1 unspecified atom stereocenters. The van der Waals surface area contributed by atoms with Crippen molar-refractivity contribution in [3.8, 4) is 0 Å². The van der Waals surface area contributed by atoms with Crippen LogP contribution >= 0.6 is 0 Å². The van der Waals surface area contributed by atoms with Crippen LogP contribution in [0.25, 0.3) is 0 Å². The van der Waals surface area contributed by atoms with Gasteiger partial charge >= 0.3 is 0 Å². The van der Waals surface area contributed by atoms with Gasteiger partial charge in [-0.1, -0.05) is 41.0 Å². The van der Waals surface area contributed by atoms with E-state index >= 15 is 0 Å². The van der Waals surface area contributed by atoms with E-state index in [0.29, 0.717) is 19.3 Å². The number of rotatable bonds is 13. The van der Waals surface area contributed by atoms with Crippen molar-refractivity contribution in [1.29, 1.82) is 0 Å². The third kappa shape index (κ3) is 13.6. The summed E-state index contributed by atoms with van der Waals surface area (Å²) in [6.45, 7) is 8.60. The van der Waals surface area contributed by atoms with Crippen molar-refractivity contribution in [2.45, 2.75) is 78.9 Å². The van der Waals surface area contributed by atoms with Gasteiger partial charge in [-0.05, 0) is 25.7 Å². The van der Waals surface area contributed by atoms with Crippen LogP contribution in [0.15, 0.2) is 0 Å². The Labute approximate surface area is 176 Å². The summed E-state index contributed by atoms with van der Waals surface area (Å²) in [5.74, 6) is -1.46. The lowest BCUT2D eigenvalue weighted by molar-refractivity contribution is -0.201. The molecule has 0 radical (unpaired) electrons. The van der Waals surface area contributed by atoms with Crippen molar-refractivity contribution in [3.63, 3.8) is 0 Å². The van der Waals surface area contributed by atoms with E-state index in [1.54, 1.807) is 0 Å². The molecule has 0 aliphatic carbocycles. The van der Waals surface area contributed by atoms with Gasteiger partial charge in [0.15, 0.2) is 5.79 Å². The molecule has 0 rings (SSSR count). The molecular formula is C21H48O8. The van der Waals surface area contributed by atoms with Crippen LogP contribution in [0.5, 0.6) is 0 Å². The highest BCUT2D eigenvalue weighted by molar-refractivity contribution is 4.75. The summed E-state index contributed by atoms with van der Waals surface area (Å²) in [5.41, 5.74) is -1.33. The Morgan fingerprint density at radius 2 is 0.931 bits per heavy atom. The third-order valence-corrected chi connectivity index (χ3v) is 5.81. The summed E-state index contributed by atoms with van der Waals surface area (Å²) >= 11 is 0. The number of aliphatic hydroxyl groups is 8. The first-order valence-corrected chi connectivity index (χ1v) is 10.6. The van der Waals surface area contributed by atoms with E-state index in [2.05, 4.69) is 0 Å². The second kappa shape index (κ2) is 18.4. The Kier molecular flexibility index (Phi) is 21.2. The standard InChI is InChI=1S/C9H20O2.2C6H14O3/c1-4-6-7-9(10,11)8(3)5-2;2*1-2-6(3-7,4-8)5-9/h8,10-11H,4-7H2,1-3H3;2*7-9H,2-5H2,1H3. The molecule has 29 heavy (non-hydrogen) atoms. The predicted molar refractivity (Wildman–Crippen MR) is 114 cm³/mol. The molecule has 0 aromatic rings. The molecule has 0 aromatic heterocycles. The van der Waals surface area contributed by atoms with Crippen molar-refractivity contribution >= 4 is 0 Å². The van der Waals surface area contributed by atoms with Gasteiger partial charge in [0, 0.05) is 23.2 Å². The first-order valence-electron chi connectivity index (χ1n) is 10.6. The lowest BCUT2D eigenvalue weighted by Crippen LogP contribution is -2.35. The van der Waals surface area contributed by atoms with Gasteiger partial charge in [0.05, 0.1) is 39.6 Å². The monoisotopic (exact) mass is 428 g/mol. The Morgan fingerprint density at radius 1 is 0.621 bits per heavy atom. The van der Waals surface area contributed by atoms with Crippen LogP contribution < -0.4 is 0 Å². The first kappa shape index (κ1) is 33.3.